The number of carbonyl (C=O) groups is 1. The van der Waals surface area contributed by atoms with E-state index >= 15 is 0 Å². The summed E-state index contributed by atoms with van der Waals surface area (Å²) in [5, 5.41) is 0. The third kappa shape index (κ3) is 3.39. The molecule has 0 N–H and O–H groups in total. The maximum atomic E-state index is 13.6. The number of amides is 1. The average Bonchev–Trinajstić information content (AvgIpc) is 2.81. The highest BCUT2D eigenvalue weighted by Gasteiger charge is 2.51. The van der Waals surface area contributed by atoms with E-state index in [9.17, 15) is 4.79 Å². The molecule has 168 valence electrons. The zero-order chi connectivity index (χ0) is 21.5. The number of fused-ring (bicyclic) bond motifs is 2. The number of methoxy groups -OCH3 is 3. The average molecular weight is 427 g/mol. The van der Waals surface area contributed by atoms with Gasteiger partial charge in [-0.05, 0) is 81.7 Å². The molecule has 0 spiro atoms. The van der Waals surface area contributed by atoms with Crippen LogP contribution in [0.25, 0.3) is 6.08 Å². The largest absolute Gasteiger partial charge is 0.493 e. The Morgan fingerprint density at radius 2 is 1.74 bits per heavy atom. The number of hydrogen-bond donors (Lipinski definition) is 0. The first-order valence-corrected chi connectivity index (χ1v) is 11.7. The number of rotatable bonds is 4. The van der Waals surface area contributed by atoms with Crippen LogP contribution in [0.2, 0.25) is 0 Å². The third-order valence-corrected chi connectivity index (χ3v) is 7.98. The van der Waals surface area contributed by atoms with Gasteiger partial charge in [0.15, 0.2) is 11.5 Å². The van der Waals surface area contributed by atoms with Crippen molar-refractivity contribution >= 4 is 12.0 Å². The fourth-order valence-corrected chi connectivity index (χ4v) is 6.75. The SMILES string of the molecule is COc1ccc(/C=C2\CC[C@@H]3[C@H]4CCCN5CCC[C@@H](CN3C2=O)[C@@H]45)c(OC)c1OC. The quantitative estimate of drug-likeness (QED) is 0.689. The molecule has 1 aromatic rings. The smallest absolute Gasteiger partial charge is 0.250 e. The number of benzene rings is 1. The Bertz CT molecular complexity index is 881. The van der Waals surface area contributed by atoms with Gasteiger partial charge < -0.3 is 19.1 Å². The molecule has 4 saturated heterocycles. The topological polar surface area (TPSA) is 51.2 Å². The van der Waals surface area contributed by atoms with Crippen LogP contribution in [-0.4, -0.2) is 68.8 Å². The summed E-state index contributed by atoms with van der Waals surface area (Å²) >= 11 is 0. The van der Waals surface area contributed by atoms with Crippen LogP contribution in [0.1, 0.15) is 44.1 Å². The molecule has 6 nitrogen and oxygen atoms in total. The van der Waals surface area contributed by atoms with Crippen molar-refractivity contribution in [3.8, 4) is 17.2 Å². The third-order valence-electron chi connectivity index (χ3n) is 7.98. The molecule has 1 aromatic carbocycles. The van der Waals surface area contributed by atoms with Gasteiger partial charge >= 0.3 is 0 Å². The molecule has 0 saturated carbocycles. The van der Waals surface area contributed by atoms with Crippen LogP contribution >= 0.6 is 0 Å². The highest BCUT2D eigenvalue weighted by molar-refractivity contribution is 5.99. The van der Waals surface area contributed by atoms with Gasteiger partial charge in [0.05, 0.1) is 21.3 Å². The zero-order valence-electron chi connectivity index (χ0n) is 18.9. The summed E-state index contributed by atoms with van der Waals surface area (Å²) in [6.45, 7) is 3.42. The molecule has 0 aromatic heterocycles. The van der Waals surface area contributed by atoms with E-state index in [1.54, 1.807) is 21.3 Å². The number of carbonyl (C=O) groups excluding carboxylic acids is 1. The second-order valence-electron chi connectivity index (χ2n) is 9.39. The van der Waals surface area contributed by atoms with Gasteiger partial charge in [0.2, 0.25) is 11.7 Å². The van der Waals surface area contributed by atoms with Crippen molar-refractivity contribution in [1.82, 2.24) is 9.80 Å². The van der Waals surface area contributed by atoms with Crippen LogP contribution < -0.4 is 14.2 Å². The Hall–Kier alpha value is -2.21. The molecule has 1 amide bonds. The Morgan fingerprint density at radius 1 is 0.968 bits per heavy atom. The monoisotopic (exact) mass is 426 g/mol. The van der Waals surface area contributed by atoms with E-state index in [0.717, 1.165) is 30.5 Å². The summed E-state index contributed by atoms with van der Waals surface area (Å²) in [6, 6.07) is 4.92. The van der Waals surface area contributed by atoms with Crippen LogP contribution in [0, 0.1) is 11.8 Å². The van der Waals surface area contributed by atoms with E-state index in [1.165, 1.54) is 38.8 Å². The van der Waals surface area contributed by atoms with Gasteiger partial charge in [-0.3, -0.25) is 9.69 Å². The first-order chi connectivity index (χ1) is 15.2. The summed E-state index contributed by atoms with van der Waals surface area (Å²) in [7, 11) is 4.84. The minimum Gasteiger partial charge on any atom is -0.493 e. The normalized spacial score (nSPS) is 31.8. The van der Waals surface area contributed by atoms with Crippen LogP contribution in [-0.2, 0) is 4.79 Å². The molecule has 4 aliphatic rings. The summed E-state index contributed by atoms with van der Waals surface area (Å²) in [4.78, 5) is 18.6. The minimum absolute atomic E-state index is 0.217. The van der Waals surface area contributed by atoms with Crippen LogP contribution in [0.3, 0.4) is 0 Å². The lowest BCUT2D eigenvalue weighted by atomic mass is 9.67. The van der Waals surface area contributed by atoms with Crippen molar-refractivity contribution in [2.45, 2.75) is 50.6 Å². The Morgan fingerprint density at radius 3 is 2.48 bits per heavy atom. The fourth-order valence-electron chi connectivity index (χ4n) is 6.75. The van der Waals surface area contributed by atoms with Crippen molar-refractivity contribution in [2.75, 3.05) is 41.0 Å². The number of ether oxygens (including phenoxy) is 3. The van der Waals surface area contributed by atoms with E-state index in [1.807, 2.05) is 18.2 Å². The maximum absolute atomic E-state index is 13.6. The van der Waals surface area contributed by atoms with Gasteiger partial charge in [-0.15, -0.1) is 0 Å². The molecule has 4 fully saturated rings. The van der Waals surface area contributed by atoms with Crippen LogP contribution in [0.15, 0.2) is 17.7 Å². The number of hydrogen-bond acceptors (Lipinski definition) is 5. The maximum Gasteiger partial charge on any atom is 0.250 e. The van der Waals surface area contributed by atoms with Gasteiger partial charge in [0, 0.05) is 29.8 Å². The molecule has 4 heterocycles. The Balaban J connectivity index is 1.44. The van der Waals surface area contributed by atoms with E-state index in [4.69, 9.17) is 14.2 Å². The summed E-state index contributed by atoms with van der Waals surface area (Å²) < 4.78 is 16.6. The predicted octanol–water partition coefficient (Wildman–Crippen LogP) is 3.59. The van der Waals surface area contributed by atoms with E-state index in [2.05, 4.69) is 9.80 Å². The molecule has 6 heteroatoms. The molecule has 0 aliphatic carbocycles. The number of nitrogens with zero attached hydrogens (tertiary/aromatic N) is 2. The number of piperidine rings is 4. The first kappa shape index (κ1) is 20.7. The highest BCUT2D eigenvalue weighted by atomic mass is 16.5. The summed E-state index contributed by atoms with van der Waals surface area (Å²) in [5.74, 6) is 3.29. The lowest BCUT2D eigenvalue weighted by Crippen LogP contribution is -2.66. The molecule has 0 bridgehead atoms. The molecule has 31 heavy (non-hydrogen) atoms. The molecule has 0 radical (unpaired) electrons. The van der Waals surface area contributed by atoms with Gasteiger partial charge in [-0.2, -0.15) is 0 Å². The van der Waals surface area contributed by atoms with Crippen molar-refractivity contribution in [3.05, 3.63) is 23.3 Å². The molecule has 4 aliphatic heterocycles. The van der Waals surface area contributed by atoms with Gasteiger partial charge in [-0.1, -0.05) is 0 Å². The van der Waals surface area contributed by atoms with E-state index in [-0.39, 0.29) is 5.91 Å². The minimum atomic E-state index is 0.217. The second kappa shape index (κ2) is 8.38. The van der Waals surface area contributed by atoms with Crippen molar-refractivity contribution < 1.29 is 19.0 Å². The first-order valence-electron chi connectivity index (χ1n) is 11.7. The van der Waals surface area contributed by atoms with Crippen molar-refractivity contribution in [2.24, 2.45) is 11.8 Å². The Labute approximate surface area is 185 Å². The van der Waals surface area contributed by atoms with Crippen molar-refractivity contribution in [3.63, 3.8) is 0 Å². The van der Waals surface area contributed by atoms with Gasteiger partial charge in [0.25, 0.3) is 0 Å². The second-order valence-corrected chi connectivity index (χ2v) is 9.39. The molecule has 5 rings (SSSR count). The summed E-state index contributed by atoms with van der Waals surface area (Å²) in [6.07, 6.45) is 8.97. The standard InChI is InChI=1S/C25H34N2O4/c1-29-21-11-9-16(23(30-2)24(21)31-3)14-17-8-10-20-19-7-5-13-26-12-4-6-18(22(19)26)15-27(20)25(17)28/h9,11,14,18-20,22H,4-8,10,12-13,15H2,1-3H3/b17-14+/t18-,19+,20+,22-/m0/s1. The van der Waals surface area contributed by atoms with E-state index in [0.29, 0.717) is 41.2 Å². The van der Waals surface area contributed by atoms with Crippen LogP contribution in [0.5, 0.6) is 17.2 Å². The van der Waals surface area contributed by atoms with Crippen molar-refractivity contribution in [1.29, 1.82) is 0 Å². The van der Waals surface area contributed by atoms with E-state index < -0.39 is 0 Å². The fraction of sp³-hybridized carbons (Fsp3) is 0.640. The predicted molar refractivity (Wildman–Crippen MR) is 120 cm³/mol. The van der Waals surface area contributed by atoms with Crippen LogP contribution in [0.4, 0.5) is 0 Å². The lowest BCUT2D eigenvalue weighted by Gasteiger charge is -2.58. The molecule has 0 unspecified atom stereocenters. The molecular formula is C25H34N2O4. The van der Waals surface area contributed by atoms with Gasteiger partial charge in [0.1, 0.15) is 0 Å². The molecule has 4 atom stereocenters. The van der Waals surface area contributed by atoms with Gasteiger partial charge in [-0.25, -0.2) is 0 Å². The lowest BCUT2D eigenvalue weighted by molar-refractivity contribution is -0.145. The molecular weight excluding hydrogens is 392 g/mol. The Kier molecular flexibility index (Phi) is 5.59. The highest BCUT2D eigenvalue weighted by Crippen LogP contribution is 2.46. The summed E-state index contributed by atoms with van der Waals surface area (Å²) in [5.41, 5.74) is 1.74. The zero-order valence-corrected chi connectivity index (χ0v) is 18.9.